The van der Waals surface area contributed by atoms with Gasteiger partial charge in [0.25, 0.3) is 0 Å². The Morgan fingerprint density at radius 2 is 0.713 bits per heavy atom. The Kier molecular flexibility index (Phi) is 38.4. The van der Waals surface area contributed by atoms with Gasteiger partial charge >= 0.3 is 21.6 Å². The summed E-state index contributed by atoms with van der Waals surface area (Å²) < 4.78 is 79.1. The standard InChI is InChI=1S/C21H24N2O2.C18H16F3NO4S.C18H19NO2.C17H17NO2.C9H13NO.C9H8O2/c1-17(22-21(24)11-10-18-6-3-2-4-7-18)19-8-5-9-20(16-19)23-12-14-25-15-13-23;1-13(22-17(23)11-10-14-6-3-2-4-7-14)15-8-5-9-16(12-15)26-27(24,25)18(19,20)21;1-14(16-9-6-10-17(13-16)21-2)19-18(20)12-11-15-7-4-3-5-8-15;1-13(15-8-5-9-16(19)12-15)18-17(20)11-10-14-6-3-2-4-7-14;1-7(10)8-4-3-5-9(6-8)11-2;10-9(11)7-6-8-4-2-1-3-5-8/h2-11,16-17H,12-15H2,1H3,(H,22,24);2-13H,1H3,(H,22,23);3-14H,1-2H3,(H,19,20);2-13,19H,1H3,(H,18,20);3-7H,10H2,1-2H3;1-7H,(H,10,11)/b2*11-10+;12-11+;11-10+;;7-6+/t17-;13-;14-;13-;7-;/m00000./s1. The first-order chi connectivity index (χ1) is 55.2. The number of nitrogens with one attached hydrogen (secondary N) is 4. The Balaban J connectivity index is 0.000000220. The normalized spacial score (nSPS) is 13.1. The van der Waals surface area contributed by atoms with Crippen LogP contribution >= 0.6 is 0 Å². The first kappa shape index (κ1) is 90.8. The lowest BCUT2D eigenvalue weighted by Gasteiger charge is -2.29. The van der Waals surface area contributed by atoms with E-state index in [1.807, 2.05) is 246 Å². The number of aromatic hydroxyl groups is 1. The lowest BCUT2D eigenvalue weighted by Crippen LogP contribution is -2.36. The molecule has 4 amide bonds. The van der Waals surface area contributed by atoms with Crippen molar-refractivity contribution in [3.05, 3.63) is 359 Å². The molecule has 11 rings (SSSR count). The van der Waals surface area contributed by atoms with Crippen molar-refractivity contribution in [1.82, 2.24) is 21.3 Å². The third-order valence-corrected chi connectivity index (χ3v) is 17.7. The fourth-order valence-electron chi connectivity index (χ4n) is 10.5. The van der Waals surface area contributed by atoms with E-state index in [1.165, 1.54) is 30.0 Å². The fourth-order valence-corrected chi connectivity index (χ4v) is 11.0. The van der Waals surface area contributed by atoms with Crippen molar-refractivity contribution in [2.75, 3.05) is 45.4 Å². The summed E-state index contributed by atoms with van der Waals surface area (Å²) in [5.41, 5.74) is 10.5. The summed E-state index contributed by atoms with van der Waals surface area (Å²) in [6.07, 6.45) is 15.6. The van der Waals surface area contributed by atoms with Gasteiger partial charge in [0.1, 0.15) is 23.0 Å². The van der Waals surface area contributed by atoms with Gasteiger partial charge in [0.2, 0.25) is 23.6 Å². The van der Waals surface area contributed by atoms with Crippen molar-refractivity contribution in [1.29, 1.82) is 0 Å². The van der Waals surface area contributed by atoms with Crippen LogP contribution in [0.3, 0.4) is 0 Å². The summed E-state index contributed by atoms with van der Waals surface area (Å²) in [4.78, 5) is 60.3. The largest absolute Gasteiger partial charge is 0.534 e. The molecular formula is C92H97F3N6O13S. The van der Waals surface area contributed by atoms with E-state index in [4.69, 9.17) is 25.1 Å². The van der Waals surface area contributed by atoms with E-state index < -0.39 is 39.3 Å². The van der Waals surface area contributed by atoms with Crippen LogP contribution < -0.4 is 45.6 Å². The number of morpholine rings is 1. The second kappa shape index (κ2) is 48.6. The number of halogens is 3. The first-order valence-electron chi connectivity index (χ1n) is 36.6. The van der Waals surface area contributed by atoms with E-state index in [9.17, 15) is 50.7 Å². The highest BCUT2D eigenvalue weighted by molar-refractivity contribution is 7.88. The lowest BCUT2D eigenvalue weighted by atomic mass is 10.1. The molecule has 0 unspecified atom stereocenters. The average molecular weight is 1580 g/mol. The highest BCUT2D eigenvalue weighted by Gasteiger charge is 2.48. The molecule has 23 heteroatoms. The van der Waals surface area contributed by atoms with E-state index in [-0.39, 0.29) is 47.6 Å². The van der Waals surface area contributed by atoms with Gasteiger partial charge in [0.05, 0.1) is 51.6 Å². The van der Waals surface area contributed by atoms with Crippen LogP contribution in [-0.2, 0) is 38.8 Å². The SMILES string of the molecule is COc1cccc([C@H](C)N)c1.COc1cccc([C@H](C)NC(=O)/C=C/c2ccccc2)c1.C[C@H](NC(=O)/C=C/c1ccccc1)c1cccc(N2CCOCC2)c1.C[C@H](NC(=O)/C=C/c1ccccc1)c1cccc(O)c1.C[C@H](NC(=O)/C=C/c1ccccc1)c1cccc(OS(=O)(=O)C(F)(F)F)c1.O=C(O)/C=C/c1ccccc1. The highest BCUT2D eigenvalue weighted by Crippen LogP contribution is 2.29. The number of hydrogen-bond donors (Lipinski definition) is 7. The smallest absolute Gasteiger partial charge is 0.508 e. The average Bonchev–Trinajstić information content (AvgIpc) is 0.816. The van der Waals surface area contributed by atoms with Crippen LogP contribution in [-0.4, -0.2) is 94.3 Å². The Morgan fingerprint density at radius 1 is 0.417 bits per heavy atom. The van der Waals surface area contributed by atoms with Crippen LogP contribution in [0.4, 0.5) is 18.9 Å². The number of carboxylic acid groups (broad SMARTS) is 1. The summed E-state index contributed by atoms with van der Waals surface area (Å²) in [7, 11) is -2.47. The third-order valence-electron chi connectivity index (χ3n) is 16.7. The minimum atomic E-state index is -5.75. The molecule has 8 N–H and O–H groups in total. The predicted octanol–water partition coefficient (Wildman–Crippen LogP) is 17.6. The van der Waals surface area contributed by atoms with E-state index >= 15 is 0 Å². The number of amides is 4. The number of phenols is 1. The van der Waals surface area contributed by atoms with Crippen molar-refractivity contribution in [3.8, 4) is 23.0 Å². The molecule has 115 heavy (non-hydrogen) atoms. The van der Waals surface area contributed by atoms with Crippen LogP contribution in [0.5, 0.6) is 23.0 Å². The van der Waals surface area contributed by atoms with Crippen molar-refractivity contribution in [3.63, 3.8) is 0 Å². The van der Waals surface area contributed by atoms with Crippen LogP contribution in [0.15, 0.2) is 303 Å². The second-order valence-electron chi connectivity index (χ2n) is 25.7. The molecule has 0 bridgehead atoms. The number of aliphatic carboxylic acids is 1. The van der Waals surface area contributed by atoms with Gasteiger partial charge < -0.3 is 60.5 Å². The molecule has 0 spiro atoms. The van der Waals surface area contributed by atoms with Crippen LogP contribution in [0.1, 0.15) is 120 Å². The number of alkyl halides is 3. The Morgan fingerprint density at radius 3 is 1.04 bits per heavy atom. The van der Waals surface area contributed by atoms with Gasteiger partial charge in [0.15, 0.2) is 0 Å². The summed E-state index contributed by atoms with van der Waals surface area (Å²) in [6, 6.07) is 82.6. The summed E-state index contributed by atoms with van der Waals surface area (Å²) in [6.45, 7) is 12.7. The van der Waals surface area contributed by atoms with Crippen LogP contribution in [0.2, 0.25) is 0 Å². The molecular weight excluding hydrogens is 1490 g/mol. The minimum absolute atomic E-state index is 0.0473. The molecule has 10 aromatic carbocycles. The number of methoxy groups -OCH3 is 2. The molecule has 1 aliphatic heterocycles. The number of ether oxygens (including phenoxy) is 3. The molecule has 0 aromatic heterocycles. The molecule has 1 saturated heterocycles. The maximum atomic E-state index is 12.4. The second-order valence-corrected chi connectivity index (χ2v) is 27.2. The molecule has 1 heterocycles. The number of phenolic OH excluding ortho intramolecular Hbond substituents is 1. The zero-order valence-corrected chi connectivity index (χ0v) is 65.7. The number of benzene rings is 10. The van der Waals surface area contributed by atoms with Crippen LogP contribution in [0.25, 0.3) is 30.4 Å². The van der Waals surface area contributed by atoms with Gasteiger partial charge in [-0.15, -0.1) is 0 Å². The van der Waals surface area contributed by atoms with Gasteiger partial charge in [-0.3, -0.25) is 19.2 Å². The van der Waals surface area contributed by atoms with Gasteiger partial charge in [0, 0.05) is 55.2 Å². The van der Waals surface area contributed by atoms with Gasteiger partial charge in [-0.25, -0.2) is 4.79 Å². The fraction of sp³-hybridized carbons (Fsp3) is 0.185. The molecule has 19 nitrogen and oxygen atoms in total. The summed E-state index contributed by atoms with van der Waals surface area (Å²) in [5, 5.41) is 29.2. The number of carboxylic acids is 1. The van der Waals surface area contributed by atoms with Gasteiger partial charge in [-0.05, 0) is 181 Å². The van der Waals surface area contributed by atoms with Crippen molar-refractivity contribution in [2.45, 2.75) is 70.3 Å². The monoisotopic (exact) mass is 1580 g/mol. The number of anilines is 1. The number of rotatable bonds is 24. The Hall–Kier alpha value is -13.1. The predicted molar refractivity (Wildman–Crippen MR) is 449 cm³/mol. The number of carbonyl (C=O) groups is 5. The van der Waals surface area contributed by atoms with Crippen molar-refractivity contribution >= 4 is 75.8 Å². The zero-order chi connectivity index (χ0) is 83.4. The topological polar surface area (TPSA) is 274 Å². The number of nitrogens with two attached hydrogens (primary N) is 1. The van der Waals surface area contributed by atoms with Gasteiger partial charge in [-0.1, -0.05) is 212 Å². The Labute approximate surface area is 671 Å². The van der Waals surface area contributed by atoms with Crippen molar-refractivity contribution in [2.24, 2.45) is 5.73 Å². The van der Waals surface area contributed by atoms with E-state index in [2.05, 4.69) is 48.5 Å². The quantitative estimate of drug-likeness (QED) is 0.0168. The molecule has 0 saturated carbocycles. The third kappa shape index (κ3) is 35.0. The highest BCUT2D eigenvalue weighted by atomic mass is 32.2. The molecule has 600 valence electrons. The van der Waals surface area contributed by atoms with E-state index in [0.29, 0.717) is 5.56 Å². The number of nitrogens with zero attached hydrogens (tertiary/aromatic N) is 1. The van der Waals surface area contributed by atoms with E-state index in [0.717, 1.165) is 106 Å². The van der Waals surface area contributed by atoms with Crippen molar-refractivity contribution < 1.29 is 74.2 Å². The zero-order valence-electron chi connectivity index (χ0n) is 64.9. The lowest BCUT2D eigenvalue weighted by molar-refractivity contribution is -0.131. The summed E-state index contributed by atoms with van der Waals surface area (Å²) >= 11 is 0. The number of carbonyl (C=O) groups excluding carboxylic acids is 4. The molecule has 0 aliphatic carbocycles. The molecule has 10 aromatic rings. The van der Waals surface area contributed by atoms with Crippen LogP contribution in [0, 0.1) is 0 Å². The molecule has 1 fully saturated rings. The minimum Gasteiger partial charge on any atom is -0.508 e. The molecule has 5 atom stereocenters. The van der Waals surface area contributed by atoms with Gasteiger partial charge in [-0.2, -0.15) is 21.6 Å². The summed E-state index contributed by atoms with van der Waals surface area (Å²) in [5.74, 6) is -0.358. The maximum Gasteiger partial charge on any atom is 0.534 e. The Bertz CT molecular complexity index is 4910. The molecule has 0 radical (unpaired) electrons. The van der Waals surface area contributed by atoms with E-state index in [1.54, 1.807) is 75.8 Å². The first-order valence-corrected chi connectivity index (χ1v) is 38.0. The molecule has 1 aliphatic rings. The number of hydrogen-bond acceptors (Lipinski definition) is 14. The maximum absolute atomic E-state index is 12.4.